The molecule has 4 nitrogen and oxygen atoms in total. The highest BCUT2D eigenvalue weighted by Crippen LogP contribution is 2.28. The maximum absolute atomic E-state index is 12.3. The molecular weight excluding hydrogens is 333 g/mol. The van der Waals surface area contributed by atoms with E-state index in [4.69, 9.17) is 23.2 Å². The van der Waals surface area contributed by atoms with Gasteiger partial charge in [0.25, 0.3) is 0 Å². The first-order valence-corrected chi connectivity index (χ1v) is 8.29. The van der Waals surface area contributed by atoms with Crippen molar-refractivity contribution < 1.29 is 4.79 Å². The molecular formula is C17H17Cl2N3O. The number of carbonyl (C=O) groups excluding carboxylic acids is 1. The molecule has 2 amide bonds. The number of pyridine rings is 1. The molecule has 2 aromatic rings. The number of halogens is 2. The molecule has 23 heavy (non-hydrogen) atoms. The average Bonchev–Trinajstić information content (AvgIpc) is 2.55. The summed E-state index contributed by atoms with van der Waals surface area (Å²) in [6.07, 6.45) is 5.57. The fourth-order valence-corrected chi connectivity index (χ4v) is 3.39. The van der Waals surface area contributed by atoms with Crippen molar-refractivity contribution in [3.8, 4) is 0 Å². The molecule has 0 atom stereocenters. The van der Waals surface area contributed by atoms with Gasteiger partial charge >= 0.3 is 6.03 Å². The van der Waals surface area contributed by atoms with E-state index < -0.39 is 0 Å². The van der Waals surface area contributed by atoms with E-state index in [2.05, 4.69) is 16.4 Å². The van der Waals surface area contributed by atoms with Gasteiger partial charge in [-0.05, 0) is 48.6 Å². The number of amides is 2. The molecule has 2 heterocycles. The van der Waals surface area contributed by atoms with Crippen LogP contribution in [-0.4, -0.2) is 29.0 Å². The van der Waals surface area contributed by atoms with Crippen molar-refractivity contribution >= 4 is 34.9 Å². The van der Waals surface area contributed by atoms with Crippen LogP contribution in [0.5, 0.6) is 0 Å². The average molecular weight is 350 g/mol. The normalized spacial score (nSPS) is 15.5. The van der Waals surface area contributed by atoms with E-state index in [9.17, 15) is 4.79 Å². The van der Waals surface area contributed by atoms with E-state index in [1.807, 2.05) is 17.2 Å². The minimum atomic E-state index is -0.118. The smallest absolute Gasteiger partial charge is 0.321 e. The number of benzene rings is 1. The summed E-state index contributed by atoms with van der Waals surface area (Å²) in [5.74, 6) is 0.466. The second kappa shape index (κ2) is 7.20. The summed E-state index contributed by atoms with van der Waals surface area (Å²) < 4.78 is 0. The molecule has 1 aromatic carbocycles. The lowest BCUT2D eigenvalue weighted by Gasteiger charge is -2.32. The molecule has 1 aliphatic rings. The van der Waals surface area contributed by atoms with E-state index in [0.717, 1.165) is 25.9 Å². The Morgan fingerprint density at radius 1 is 1.17 bits per heavy atom. The van der Waals surface area contributed by atoms with E-state index in [1.54, 1.807) is 24.4 Å². The predicted molar refractivity (Wildman–Crippen MR) is 93.3 cm³/mol. The molecule has 1 fully saturated rings. The van der Waals surface area contributed by atoms with Gasteiger partial charge < -0.3 is 10.2 Å². The number of carbonyl (C=O) groups is 1. The number of hydrogen-bond acceptors (Lipinski definition) is 2. The lowest BCUT2D eigenvalue weighted by atomic mass is 9.91. The minimum absolute atomic E-state index is 0.118. The van der Waals surface area contributed by atoms with Crippen molar-refractivity contribution in [3.05, 3.63) is 58.3 Å². The fraction of sp³-hybridized carbons (Fsp3) is 0.294. The molecule has 120 valence electrons. The number of anilines is 1. The third kappa shape index (κ3) is 4.15. The van der Waals surface area contributed by atoms with Crippen molar-refractivity contribution in [2.45, 2.75) is 18.8 Å². The maximum Gasteiger partial charge on any atom is 0.321 e. The van der Waals surface area contributed by atoms with Gasteiger partial charge in [0.15, 0.2) is 0 Å². The Kier molecular flexibility index (Phi) is 5.03. The summed E-state index contributed by atoms with van der Waals surface area (Å²) in [5.41, 5.74) is 1.86. The zero-order valence-corrected chi connectivity index (χ0v) is 14.0. The van der Waals surface area contributed by atoms with Gasteiger partial charge in [-0.2, -0.15) is 0 Å². The molecule has 0 bridgehead atoms. The Bertz CT molecular complexity index is 665. The van der Waals surface area contributed by atoms with E-state index in [1.165, 1.54) is 5.56 Å². The van der Waals surface area contributed by atoms with Crippen LogP contribution in [0.15, 0.2) is 42.7 Å². The van der Waals surface area contributed by atoms with Gasteiger partial charge in [-0.15, -0.1) is 0 Å². The topological polar surface area (TPSA) is 45.2 Å². The molecule has 0 saturated carbocycles. The van der Waals surface area contributed by atoms with E-state index in [0.29, 0.717) is 21.7 Å². The number of hydrogen-bond donors (Lipinski definition) is 1. The largest absolute Gasteiger partial charge is 0.324 e. The van der Waals surface area contributed by atoms with Crippen molar-refractivity contribution in [2.24, 2.45) is 0 Å². The molecule has 0 radical (unpaired) electrons. The van der Waals surface area contributed by atoms with Gasteiger partial charge in [-0.3, -0.25) is 4.98 Å². The van der Waals surface area contributed by atoms with Crippen LogP contribution in [0.2, 0.25) is 10.0 Å². The number of rotatable bonds is 2. The minimum Gasteiger partial charge on any atom is -0.324 e. The van der Waals surface area contributed by atoms with Crippen molar-refractivity contribution in [1.29, 1.82) is 0 Å². The lowest BCUT2D eigenvalue weighted by molar-refractivity contribution is 0.194. The van der Waals surface area contributed by atoms with E-state index >= 15 is 0 Å². The summed E-state index contributed by atoms with van der Waals surface area (Å²) >= 11 is 11.9. The first-order valence-electron chi connectivity index (χ1n) is 7.54. The zero-order valence-electron chi connectivity index (χ0n) is 12.5. The summed E-state index contributed by atoms with van der Waals surface area (Å²) in [5, 5.41) is 3.86. The van der Waals surface area contributed by atoms with Crippen LogP contribution in [0.3, 0.4) is 0 Å². The fourth-order valence-electron chi connectivity index (χ4n) is 2.86. The molecule has 1 N–H and O–H groups in total. The Morgan fingerprint density at radius 2 is 1.87 bits per heavy atom. The number of urea groups is 1. The quantitative estimate of drug-likeness (QED) is 0.846. The summed E-state index contributed by atoms with van der Waals surface area (Å²) in [6, 6.07) is 8.95. The lowest BCUT2D eigenvalue weighted by Crippen LogP contribution is -2.40. The summed E-state index contributed by atoms with van der Waals surface area (Å²) in [6.45, 7) is 1.44. The second-order valence-corrected chi connectivity index (χ2v) is 6.51. The third-order valence-corrected chi connectivity index (χ3v) is 4.49. The Morgan fingerprint density at radius 3 is 2.48 bits per heavy atom. The third-order valence-electron chi connectivity index (χ3n) is 4.05. The highest BCUT2D eigenvalue weighted by molar-refractivity contribution is 6.35. The standard InChI is InChI=1S/C17H17Cl2N3O/c18-14-8-15(19)10-16(9-14)21-17(23)22-6-3-12(4-7-22)13-2-1-5-20-11-13/h1-2,5,8-12H,3-4,6-7H2,(H,21,23). The van der Waals surface area contributed by atoms with Crippen molar-refractivity contribution in [2.75, 3.05) is 18.4 Å². The van der Waals surface area contributed by atoms with Crippen molar-refractivity contribution in [3.63, 3.8) is 0 Å². The molecule has 1 aliphatic heterocycles. The highest BCUT2D eigenvalue weighted by Gasteiger charge is 2.24. The Hall–Kier alpha value is -1.78. The molecule has 0 spiro atoms. The predicted octanol–water partition coefficient (Wildman–Crippen LogP) is 4.80. The van der Waals surface area contributed by atoms with Crippen LogP contribution in [-0.2, 0) is 0 Å². The van der Waals surface area contributed by atoms with Crippen LogP contribution in [0.25, 0.3) is 0 Å². The van der Waals surface area contributed by atoms with E-state index in [-0.39, 0.29) is 6.03 Å². The molecule has 1 aromatic heterocycles. The number of likely N-dealkylation sites (tertiary alicyclic amines) is 1. The van der Waals surface area contributed by atoms with Gasteiger partial charge in [0.1, 0.15) is 0 Å². The molecule has 3 rings (SSSR count). The number of aromatic nitrogens is 1. The molecule has 1 saturated heterocycles. The first kappa shape index (κ1) is 16.1. The van der Waals surface area contributed by atoms with Gasteiger partial charge in [0.05, 0.1) is 0 Å². The van der Waals surface area contributed by atoms with Crippen LogP contribution >= 0.6 is 23.2 Å². The van der Waals surface area contributed by atoms with Crippen LogP contribution in [0.1, 0.15) is 24.3 Å². The van der Waals surface area contributed by atoms with Gasteiger partial charge in [0.2, 0.25) is 0 Å². The summed E-state index contributed by atoms with van der Waals surface area (Å²) in [7, 11) is 0. The zero-order chi connectivity index (χ0) is 16.2. The SMILES string of the molecule is O=C(Nc1cc(Cl)cc(Cl)c1)N1CCC(c2cccnc2)CC1. The number of piperidine rings is 1. The first-order chi connectivity index (χ1) is 11.1. The van der Waals surface area contributed by atoms with Crippen LogP contribution in [0, 0.1) is 0 Å². The van der Waals surface area contributed by atoms with Gasteiger partial charge in [0, 0.05) is 41.2 Å². The highest BCUT2D eigenvalue weighted by atomic mass is 35.5. The Balaban J connectivity index is 1.58. The molecule has 6 heteroatoms. The van der Waals surface area contributed by atoms with Crippen LogP contribution < -0.4 is 5.32 Å². The monoisotopic (exact) mass is 349 g/mol. The summed E-state index contributed by atoms with van der Waals surface area (Å²) in [4.78, 5) is 18.3. The maximum atomic E-state index is 12.3. The van der Waals surface area contributed by atoms with Gasteiger partial charge in [-0.1, -0.05) is 29.3 Å². The number of nitrogens with zero attached hydrogens (tertiary/aromatic N) is 2. The van der Waals surface area contributed by atoms with Crippen LogP contribution in [0.4, 0.5) is 10.5 Å². The molecule has 0 aliphatic carbocycles. The van der Waals surface area contributed by atoms with Gasteiger partial charge in [-0.25, -0.2) is 4.79 Å². The van der Waals surface area contributed by atoms with Crippen molar-refractivity contribution in [1.82, 2.24) is 9.88 Å². The molecule has 0 unspecified atom stereocenters. The second-order valence-electron chi connectivity index (χ2n) is 5.64. The Labute approximate surface area is 145 Å². The number of nitrogens with one attached hydrogen (secondary N) is 1.